The Morgan fingerprint density at radius 3 is 2.39 bits per heavy atom. The summed E-state index contributed by atoms with van der Waals surface area (Å²) in [5.74, 6) is -1.08. The lowest BCUT2D eigenvalue weighted by Crippen LogP contribution is -2.31. The lowest BCUT2D eigenvalue weighted by atomic mass is 10.1. The molecule has 0 radical (unpaired) electrons. The van der Waals surface area contributed by atoms with Gasteiger partial charge in [-0.3, -0.25) is 0 Å². The van der Waals surface area contributed by atoms with Crippen molar-refractivity contribution >= 4 is 23.4 Å². The van der Waals surface area contributed by atoms with Crippen LogP contribution in [0.2, 0.25) is 0 Å². The molecule has 5 N–H and O–H groups in total. The molecule has 0 aliphatic heterocycles. The summed E-state index contributed by atoms with van der Waals surface area (Å²) in [6.45, 7) is 3.52. The smallest absolute Gasteiger partial charge is 0.338 e. The largest absolute Gasteiger partial charge is 0.478 e. The highest BCUT2D eigenvalue weighted by atomic mass is 16.4. The first kappa shape index (κ1) is 16.4. The fourth-order valence-corrected chi connectivity index (χ4v) is 2.28. The minimum Gasteiger partial charge on any atom is -0.478 e. The van der Waals surface area contributed by atoms with Gasteiger partial charge < -0.3 is 21.5 Å². The van der Waals surface area contributed by atoms with Gasteiger partial charge in [-0.25, -0.2) is 9.59 Å². The van der Waals surface area contributed by atoms with Gasteiger partial charge in [0.25, 0.3) is 0 Å². The van der Waals surface area contributed by atoms with Crippen molar-refractivity contribution in [3.63, 3.8) is 0 Å². The molecule has 0 fully saturated rings. The molecular weight excluding hydrogens is 294 g/mol. The number of anilines is 2. The number of aryl methyl sites for hydroxylation is 1. The molecule has 2 amide bonds. The monoisotopic (exact) mass is 313 g/mol. The number of nitrogen functional groups attached to an aromatic ring is 1. The number of carbonyl (C=O) groups is 2. The molecule has 0 aromatic heterocycles. The Morgan fingerprint density at radius 2 is 1.78 bits per heavy atom. The highest BCUT2D eigenvalue weighted by Gasteiger charge is 2.16. The van der Waals surface area contributed by atoms with Crippen LogP contribution >= 0.6 is 0 Å². The first-order valence-corrected chi connectivity index (χ1v) is 7.14. The van der Waals surface area contributed by atoms with E-state index in [2.05, 4.69) is 10.6 Å². The highest BCUT2D eigenvalue weighted by molar-refractivity contribution is 6.01. The van der Waals surface area contributed by atoms with Crippen LogP contribution in [0.15, 0.2) is 42.5 Å². The Bertz CT molecular complexity index is 726. The minimum atomic E-state index is -1.08. The third kappa shape index (κ3) is 4.00. The van der Waals surface area contributed by atoms with E-state index < -0.39 is 12.0 Å². The maximum Gasteiger partial charge on any atom is 0.338 e. The van der Waals surface area contributed by atoms with Crippen molar-refractivity contribution < 1.29 is 14.7 Å². The zero-order valence-electron chi connectivity index (χ0n) is 13.0. The predicted octanol–water partition coefficient (Wildman–Crippen LogP) is 3.16. The molecular formula is C17H19N3O3. The van der Waals surface area contributed by atoms with E-state index >= 15 is 0 Å². The number of carbonyl (C=O) groups excluding carboxylic acids is 1. The van der Waals surface area contributed by atoms with E-state index in [9.17, 15) is 14.7 Å². The van der Waals surface area contributed by atoms with Crippen LogP contribution in [-0.2, 0) is 0 Å². The first-order valence-electron chi connectivity index (χ1n) is 7.14. The summed E-state index contributed by atoms with van der Waals surface area (Å²) < 4.78 is 0. The third-order valence-corrected chi connectivity index (χ3v) is 3.52. The van der Waals surface area contributed by atoms with E-state index in [1.807, 2.05) is 19.1 Å². The Kier molecular flexibility index (Phi) is 4.85. The number of nitrogens with one attached hydrogen (secondary N) is 2. The normalized spacial score (nSPS) is 11.6. The van der Waals surface area contributed by atoms with E-state index in [1.165, 1.54) is 0 Å². The quantitative estimate of drug-likeness (QED) is 0.651. The second-order valence-electron chi connectivity index (χ2n) is 5.29. The average molecular weight is 313 g/mol. The number of hydrogen-bond acceptors (Lipinski definition) is 3. The molecule has 2 aromatic rings. The zero-order valence-corrected chi connectivity index (χ0v) is 13.0. The molecule has 2 rings (SSSR count). The molecule has 0 unspecified atom stereocenters. The van der Waals surface area contributed by atoms with E-state index in [0.29, 0.717) is 11.3 Å². The number of amides is 2. The maximum atomic E-state index is 12.1. The molecule has 120 valence electrons. The molecule has 6 nitrogen and oxygen atoms in total. The summed E-state index contributed by atoms with van der Waals surface area (Å²) in [7, 11) is 0. The number of carboxylic acids is 1. The lowest BCUT2D eigenvalue weighted by molar-refractivity contribution is 0.0697. The van der Waals surface area contributed by atoms with Gasteiger partial charge in [0.05, 0.1) is 17.3 Å². The van der Waals surface area contributed by atoms with Gasteiger partial charge in [0, 0.05) is 5.69 Å². The van der Waals surface area contributed by atoms with Crippen LogP contribution in [-0.4, -0.2) is 17.1 Å². The van der Waals surface area contributed by atoms with Crippen molar-refractivity contribution in [1.29, 1.82) is 0 Å². The van der Waals surface area contributed by atoms with Crippen molar-refractivity contribution in [2.24, 2.45) is 0 Å². The van der Waals surface area contributed by atoms with Crippen LogP contribution in [0.4, 0.5) is 16.2 Å². The van der Waals surface area contributed by atoms with E-state index in [1.54, 1.807) is 37.3 Å². The Balaban J connectivity index is 2.09. The molecule has 0 aliphatic rings. The van der Waals surface area contributed by atoms with E-state index in [0.717, 1.165) is 5.56 Å². The van der Waals surface area contributed by atoms with Crippen LogP contribution in [0.1, 0.15) is 34.5 Å². The topological polar surface area (TPSA) is 104 Å². The summed E-state index contributed by atoms with van der Waals surface area (Å²) >= 11 is 0. The second kappa shape index (κ2) is 6.83. The molecule has 0 heterocycles. The van der Waals surface area contributed by atoms with Gasteiger partial charge in [-0.1, -0.05) is 24.3 Å². The number of rotatable bonds is 4. The molecule has 23 heavy (non-hydrogen) atoms. The van der Waals surface area contributed by atoms with Crippen LogP contribution in [0, 0.1) is 6.92 Å². The molecule has 0 saturated carbocycles. The summed E-state index contributed by atoms with van der Waals surface area (Å²) in [6.07, 6.45) is 0. The van der Waals surface area contributed by atoms with Gasteiger partial charge in [-0.15, -0.1) is 0 Å². The Morgan fingerprint density at radius 1 is 1.13 bits per heavy atom. The van der Waals surface area contributed by atoms with Crippen molar-refractivity contribution in [2.75, 3.05) is 11.1 Å². The van der Waals surface area contributed by atoms with E-state index in [4.69, 9.17) is 5.73 Å². The minimum absolute atomic E-state index is 0.0859. The van der Waals surface area contributed by atoms with Gasteiger partial charge in [0.2, 0.25) is 0 Å². The molecule has 0 aliphatic carbocycles. The number of aromatic carboxylic acids is 1. The van der Waals surface area contributed by atoms with Gasteiger partial charge >= 0.3 is 12.0 Å². The number of nitrogens with two attached hydrogens (primary N) is 1. The van der Waals surface area contributed by atoms with E-state index in [-0.39, 0.29) is 17.3 Å². The number of benzene rings is 2. The Hall–Kier alpha value is -3.02. The maximum absolute atomic E-state index is 12.1. The number of carboxylic acid groups (broad SMARTS) is 1. The summed E-state index contributed by atoms with van der Waals surface area (Å²) in [5.41, 5.74) is 8.12. The fourth-order valence-electron chi connectivity index (χ4n) is 2.28. The summed E-state index contributed by atoms with van der Waals surface area (Å²) in [5, 5.41) is 14.6. The van der Waals surface area contributed by atoms with Crippen LogP contribution in [0.25, 0.3) is 0 Å². The third-order valence-electron chi connectivity index (χ3n) is 3.52. The number of urea groups is 1. The second-order valence-corrected chi connectivity index (χ2v) is 5.29. The zero-order chi connectivity index (χ0) is 17.0. The van der Waals surface area contributed by atoms with Gasteiger partial charge in [0.15, 0.2) is 0 Å². The molecule has 1 atom stereocenters. The standard InChI is InChI=1S/C17H19N3O3/c1-10-4-3-5-14(15(10)16(21)22)20-17(23)19-11(2)12-6-8-13(18)9-7-12/h3-9,11H,18H2,1-2H3,(H,21,22)(H2,19,20,23)/t11-/m1/s1. The lowest BCUT2D eigenvalue weighted by Gasteiger charge is -2.16. The fraction of sp³-hybridized carbons (Fsp3) is 0.176. The SMILES string of the molecule is Cc1cccc(NC(=O)N[C@H](C)c2ccc(N)cc2)c1C(=O)O. The average Bonchev–Trinajstić information content (AvgIpc) is 2.47. The summed E-state index contributed by atoms with van der Waals surface area (Å²) in [6, 6.07) is 11.4. The predicted molar refractivity (Wildman–Crippen MR) is 89.6 cm³/mol. The van der Waals surface area contributed by atoms with Crippen molar-refractivity contribution in [1.82, 2.24) is 5.32 Å². The Labute approximate surface area is 134 Å². The van der Waals surface area contributed by atoms with Crippen LogP contribution in [0.3, 0.4) is 0 Å². The van der Waals surface area contributed by atoms with Gasteiger partial charge in [-0.05, 0) is 43.2 Å². The van der Waals surface area contributed by atoms with Crippen LogP contribution < -0.4 is 16.4 Å². The molecule has 6 heteroatoms. The molecule has 2 aromatic carbocycles. The van der Waals surface area contributed by atoms with Gasteiger partial charge in [-0.2, -0.15) is 0 Å². The van der Waals surface area contributed by atoms with Gasteiger partial charge in [0.1, 0.15) is 0 Å². The number of hydrogen-bond donors (Lipinski definition) is 4. The van der Waals surface area contributed by atoms with Crippen molar-refractivity contribution in [2.45, 2.75) is 19.9 Å². The molecule has 0 saturated heterocycles. The molecule has 0 bridgehead atoms. The highest BCUT2D eigenvalue weighted by Crippen LogP contribution is 2.20. The summed E-state index contributed by atoms with van der Waals surface area (Å²) in [4.78, 5) is 23.4. The van der Waals surface area contributed by atoms with Crippen molar-refractivity contribution in [3.8, 4) is 0 Å². The molecule has 0 spiro atoms. The first-order chi connectivity index (χ1) is 10.9. The van der Waals surface area contributed by atoms with Crippen LogP contribution in [0.5, 0.6) is 0 Å². The van der Waals surface area contributed by atoms with Crippen molar-refractivity contribution in [3.05, 3.63) is 59.2 Å².